The van der Waals surface area contributed by atoms with Crippen molar-refractivity contribution in [2.45, 2.75) is 26.4 Å². The van der Waals surface area contributed by atoms with Crippen LogP contribution in [0.1, 0.15) is 41.3 Å². The molecular weight excluding hydrogens is 539 g/mol. The highest BCUT2D eigenvalue weighted by Gasteiger charge is 2.18. The number of hydrogen-bond donors (Lipinski definition) is 2. The maximum atomic E-state index is 12.9. The zero-order valence-electron chi connectivity index (χ0n) is 20.5. The van der Waals surface area contributed by atoms with Crippen LogP contribution in [0.5, 0.6) is 5.75 Å². The van der Waals surface area contributed by atoms with Crippen molar-refractivity contribution in [3.63, 3.8) is 0 Å². The fourth-order valence-electron chi connectivity index (χ4n) is 3.39. The number of para-hydroxylation sites is 1. The Balaban J connectivity index is 1.79. The summed E-state index contributed by atoms with van der Waals surface area (Å²) < 4.78 is 16.2. The molecule has 0 unspecified atom stereocenters. The summed E-state index contributed by atoms with van der Waals surface area (Å²) >= 11 is 13.8. The largest absolute Gasteiger partial charge is 0.496 e. The summed E-state index contributed by atoms with van der Waals surface area (Å²) in [6, 6.07) is 8.54. The predicted molar refractivity (Wildman–Crippen MR) is 146 cm³/mol. The van der Waals surface area contributed by atoms with Crippen LogP contribution in [0.4, 0.5) is 5.13 Å². The number of hydrogen-bond acceptors (Lipinski definition) is 7. The van der Waals surface area contributed by atoms with Gasteiger partial charge in [0.05, 0.1) is 36.6 Å². The lowest BCUT2D eigenvalue weighted by Gasteiger charge is -2.12. The number of thiazole rings is 1. The number of aromatic nitrogens is 1. The first-order chi connectivity index (χ1) is 17.8. The number of carbonyl (C=O) groups excluding carboxylic acids is 1. The molecule has 2 aromatic carbocycles. The number of carboxylic acid groups (broad SMARTS) is 1. The maximum Gasteiger partial charge on any atom is 0.371 e. The van der Waals surface area contributed by atoms with Crippen LogP contribution in [-0.2, 0) is 20.9 Å². The summed E-state index contributed by atoms with van der Waals surface area (Å²) in [6.45, 7) is 3.21. The summed E-state index contributed by atoms with van der Waals surface area (Å²) in [5, 5.41) is 14.3. The van der Waals surface area contributed by atoms with Crippen LogP contribution < -0.4 is 10.1 Å². The van der Waals surface area contributed by atoms with E-state index in [2.05, 4.69) is 17.2 Å². The number of unbranched alkanes of at least 4 members (excludes halogenated alkanes) is 1. The minimum Gasteiger partial charge on any atom is -0.496 e. The molecule has 1 heterocycles. The van der Waals surface area contributed by atoms with E-state index in [4.69, 9.17) is 42.5 Å². The minimum absolute atomic E-state index is 0.0935. The Hall–Kier alpha value is -3.11. The number of nitrogens with zero attached hydrogens (tertiary/aromatic N) is 1. The second-order valence-electron chi connectivity index (χ2n) is 7.77. The van der Waals surface area contributed by atoms with Gasteiger partial charge in [-0.15, -0.1) is 11.3 Å². The number of nitrogens with one attached hydrogen (secondary N) is 1. The molecule has 1 aromatic heterocycles. The monoisotopic (exact) mass is 564 g/mol. The molecular formula is C26H26Cl2N2O6S. The highest BCUT2D eigenvalue weighted by Crippen LogP contribution is 2.35. The molecule has 0 atom stereocenters. The fourth-order valence-corrected chi connectivity index (χ4v) is 4.69. The molecule has 11 heteroatoms. The standard InChI is InChI=1S/C26H26Cl2N2O6S/c1-4-5-9-36-13-15-7-6-8-17(23(15)35-3)21-14-37-26(29-21)30-24(31)16-10-19(27)18(20(28)11-16)12-22(34-2)25(32)33/h6-8,10-12,14H,4-5,9,13H2,1-3H3,(H,32,33)(H,29,30,31)/b22-12+. The van der Waals surface area contributed by atoms with Gasteiger partial charge >= 0.3 is 5.97 Å². The molecule has 0 aliphatic carbocycles. The number of benzene rings is 2. The van der Waals surface area contributed by atoms with Crippen LogP contribution in [0.2, 0.25) is 10.0 Å². The summed E-state index contributed by atoms with van der Waals surface area (Å²) in [4.78, 5) is 28.6. The van der Waals surface area contributed by atoms with E-state index in [0.29, 0.717) is 29.8 Å². The second-order valence-corrected chi connectivity index (χ2v) is 9.44. The molecule has 1 amide bonds. The normalized spacial score (nSPS) is 11.3. The van der Waals surface area contributed by atoms with E-state index in [1.165, 1.54) is 36.7 Å². The molecule has 0 aliphatic heterocycles. The van der Waals surface area contributed by atoms with Gasteiger partial charge in [-0.2, -0.15) is 0 Å². The predicted octanol–water partition coefficient (Wildman–Crippen LogP) is 6.77. The minimum atomic E-state index is -1.28. The number of carboxylic acids is 1. The molecule has 0 saturated carbocycles. The summed E-state index contributed by atoms with van der Waals surface area (Å²) in [6.07, 6.45) is 3.24. The smallest absolute Gasteiger partial charge is 0.371 e. The van der Waals surface area contributed by atoms with Crippen molar-refractivity contribution < 1.29 is 28.9 Å². The molecule has 37 heavy (non-hydrogen) atoms. The Kier molecular flexibility index (Phi) is 10.3. The zero-order valence-corrected chi connectivity index (χ0v) is 22.8. The number of rotatable bonds is 12. The van der Waals surface area contributed by atoms with Crippen LogP contribution in [0.15, 0.2) is 41.5 Å². The highest BCUT2D eigenvalue weighted by molar-refractivity contribution is 7.14. The van der Waals surface area contributed by atoms with Gasteiger partial charge in [0.2, 0.25) is 5.76 Å². The van der Waals surface area contributed by atoms with Crippen molar-refractivity contribution in [3.05, 3.63) is 68.2 Å². The van der Waals surface area contributed by atoms with Gasteiger partial charge in [0, 0.05) is 34.2 Å². The number of halogens is 2. The third kappa shape index (κ3) is 7.23. The molecule has 196 valence electrons. The van der Waals surface area contributed by atoms with Crippen LogP contribution >= 0.6 is 34.5 Å². The number of anilines is 1. The topological polar surface area (TPSA) is 107 Å². The van der Waals surface area contributed by atoms with Crippen molar-refractivity contribution in [1.82, 2.24) is 4.98 Å². The van der Waals surface area contributed by atoms with Gasteiger partial charge in [-0.05, 0) is 30.7 Å². The van der Waals surface area contributed by atoms with Crippen LogP contribution in [0.3, 0.4) is 0 Å². The number of amides is 1. The van der Waals surface area contributed by atoms with Gasteiger partial charge in [-0.1, -0.05) is 48.7 Å². The van der Waals surface area contributed by atoms with E-state index in [9.17, 15) is 9.59 Å². The zero-order chi connectivity index (χ0) is 26.9. The molecule has 0 aliphatic rings. The van der Waals surface area contributed by atoms with Gasteiger partial charge in [-0.25, -0.2) is 9.78 Å². The third-order valence-corrected chi connectivity index (χ3v) is 6.63. The van der Waals surface area contributed by atoms with E-state index >= 15 is 0 Å². The van der Waals surface area contributed by atoms with Crippen LogP contribution in [0.25, 0.3) is 17.3 Å². The first kappa shape index (κ1) is 28.5. The van der Waals surface area contributed by atoms with E-state index in [1.54, 1.807) is 7.11 Å². The van der Waals surface area contributed by atoms with Gasteiger partial charge < -0.3 is 19.3 Å². The van der Waals surface area contributed by atoms with Crippen molar-refractivity contribution >= 4 is 57.6 Å². The molecule has 0 fully saturated rings. The first-order valence-electron chi connectivity index (χ1n) is 11.3. The van der Waals surface area contributed by atoms with Crippen molar-refractivity contribution in [1.29, 1.82) is 0 Å². The molecule has 8 nitrogen and oxygen atoms in total. The second kappa shape index (κ2) is 13.4. The first-order valence-corrected chi connectivity index (χ1v) is 12.9. The molecule has 0 bridgehead atoms. The Bertz CT molecular complexity index is 1280. The Morgan fingerprint density at radius 1 is 1.19 bits per heavy atom. The number of aliphatic carboxylic acids is 1. The Labute approximate surface area is 228 Å². The van der Waals surface area contributed by atoms with Gasteiger partial charge in [0.25, 0.3) is 5.91 Å². The average Bonchev–Trinajstić information content (AvgIpc) is 3.34. The Morgan fingerprint density at radius 2 is 1.92 bits per heavy atom. The third-order valence-electron chi connectivity index (χ3n) is 5.25. The Morgan fingerprint density at radius 3 is 2.54 bits per heavy atom. The number of ether oxygens (including phenoxy) is 3. The molecule has 0 spiro atoms. The quantitative estimate of drug-likeness (QED) is 0.142. The number of methoxy groups -OCH3 is 2. The molecule has 0 radical (unpaired) electrons. The van der Waals surface area contributed by atoms with E-state index < -0.39 is 11.9 Å². The van der Waals surface area contributed by atoms with E-state index in [1.807, 2.05) is 23.6 Å². The lowest BCUT2D eigenvalue weighted by molar-refractivity contribution is -0.135. The summed E-state index contributed by atoms with van der Waals surface area (Å²) in [7, 11) is 2.82. The maximum absolute atomic E-state index is 12.9. The van der Waals surface area contributed by atoms with Gasteiger partial charge in [-0.3, -0.25) is 10.1 Å². The fraction of sp³-hybridized carbons (Fsp3) is 0.269. The average molecular weight is 565 g/mol. The number of carbonyl (C=O) groups is 2. The molecule has 2 N–H and O–H groups in total. The van der Waals surface area contributed by atoms with Crippen molar-refractivity contribution in [3.8, 4) is 17.0 Å². The summed E-state index contributed by atoms with van der Waals surface area (Å²) in [5.74, 6) is -1.43. The molecule has 0 saturated heterocycles. The van der Waals surface area contributed by atoms with Crippen LogP contribution in [-0.4, -0.2) is 42.8 Å². The van der Waals surface area contributed by atoms with Gasteiger partial charge in [0.15, 0.2) is 5.13 Å². The van der Waals surface area contributed by atoms with Crippen molar-refractivity contribution in [2.24, 2.45) is 0 Å². The lowest BCUT2D eigenvalue weighted by Crippen LogP contribution is -2.12. The SMILES string of the molecule is CCCCOCc1cccc(-c2csc(NC(=O)c3cc(Cl)c(/C=C(/OC)C(=O)O)c(Cl)c3)n2)c1OC. The molecule has 3 rings (SSSR count). The van der Waals surface area contributed by atoms with Crippen LogP contribution in [0, 0.1) is 0 Å². The molecule has 3 aromatic rings. The lowest BCUT2D eigenvalue weighted by atomic mass is 10.1. The van der Waals surface area contributed by atoms with E-state index in [-0.39, 0.29) is 26.9 Å². The van der Waals surface area contributed by atoms with Gasteiger partial charge in [0.1, 0.15) is 5.75 Å². The summed E-state index contributed by atoms with van der Waals surface area (Å²) in [5.41, 5.74) is 2.74. The van der Waals surface area contributed by atoms with E-state index in [0.717, 1.165) is 24.0 Å². The highest BCUT2D eigenvalue weighted by atomic mass is 35.5. The van der Waals surface area contributed by atoms with Crippen molar-refractivity contribution in [2.75, 3.05) is 26.1 Å².